The van der Waals surface area contributed by atoms with Gasteiger partial charge >= 0.3 is 5.97 Å². The highest BCUT2D eigenvalue weighted by Gasteiger charge is 2.10. The van der Waals surface area contributed by atoms with Crippen LogP contribution in [0.25, 0.3) is 0 Å². The Bertz CT molecular complexity index is 209. The molecule has 0 heterocycles. The van der Waals surface area contributed by atoms with Crippen molar-refractivity contribution in [3.05, 3.63) is 24.3 Å². The van der Waals surface area contributed by atoms with Crippen molar-refractivity contribution >= 4 is 5.97 Å². The summed E-state index contributed by atoms with van der Waals surface area (Å²) in [7, 11) is 0. The summed E-state index contributed by atoms with van der Waals surface area (Å²) in [5.74, 6) is -0.350. The van der Waals surface area contributed by atoms with E-state index in [1.165, 1.54) is 6.08 Å². The molecule has 1 unspecified atom stereocenters. The first kappa shape index (κ1) is 11.9. The molecule has 0 spiro atoms. The van der Waals surface area contributed by atoms with Gasteiger partial charge in [-0.05, 0) is 18.9 Å². The number of rotatable bonds is 5. The molecule has 0 radical (unpaired) electrons. The Labute approximate surface area is 79.3 Å². The van der Waals surface area contributed by atoms with E-state index < -0.39 is 6.23 Å². The molecule has 0 aliphatic rings. The van der Waals surface area contributed by atoms with Crippen LogP contribution in [-0.2, 0) is 9.53 Å². The fraction of sp³-hybridized carbons (Fsp3) is 0.500. The van der Waals surface area contributed by atoms with E-state index in [-0.39, 0.29) is 5.97 Å². The van der Waals surface area contributed by atoms with Gasteiger partial charge in [0.2, 0.25) is 0 Å². The van der Waals surface area contributed by atoms with E-state index in [9.17, 15) is 4.79 Å². The van der Waals surface area contributed by atoms with Crippen LogP contribution in [0.3, 0.4) is 0 Å². The Kier molecular flexibility index (Phi) is 5.89. The summed E-state index contributed by atoms with van der Waals surface area (Å²) in [6, 6.07) is 0. The molecular formula is C10H17NO2. The topological polar surface area (TPSA) is 52.3 Å². The number of esters is 1. The number of carbonyl (C=O) groups is 1. The van der Waals surface area contributed by atoms with Crippen LogP contribution in [0.1, 0.15) is 26.7 Å². The summed E-state index contributed by atoms with van der Waals surface area (Å²) in [4.78, 5) is 11.3. The van der Waals surface area contributed by atoms with Crippen molar-refractivity contribution in [3.8, 4) is 0 Å². The monoisotopic (exact) mass is 183 g/mol. The fourth-order valence-electron chi connectivity index (χ4n) is 0.866. The van der Waals surface area contributed by atoms with Gasteiger partial charge in [-0.3, -0.25) is 5.73 Å². The number of nitrogens with two attached hydrogens (primary N) is 1. The van der Waals surface area contributed by atoms with Crippen LogP contribution < -0.4 is 5.73 Å². The maximum atomic E-state index is 11.3. The molecular weight excluding hydrogens is 166 g/mol. The lowest BCUT2D eigenvalue weighted by Crippen LogP contribution is -2.25. The van der Waals surface area contributed by atoms with E-state index in [0.29, 0.717) is 12.0 Å². The lowest BCUT2D eigenvalue weighted by atomic mass is 10.2. The van der Waals surface area contributed by atoms with Crippen molar-refractivity contribution in [2.75, 3.05) is 0 Å². The summed E-state index contributed by atoms with van der Waals surface area (Å²) in [5.41, 5.74) is 6.04. The van der Waals surface area contributed by atoms with Crippen LogP contribution in [0, 0.1) is 0 Å². The second kappa shape index (κ2) is 6.43. The molecule has 74 valence electrons. The lowest BCUT2D eigenvalue weighted by molar-refractivity contribution is -0.142. The minimum atomic E-state index is -0.709. The SMILES string of the molecule is C=CC(N)OC(=O)C(=CCC)CC. The summed E-state index contributed by atoms with van der Waals surface area (Å²) >= 11 is 0. The Morgan fingerprint density at radius 1 is 1.62 bits per heavy atom. The number of carbonyl (C=O) groups excluding carboxylic acids is 1. The normalized spacial score (nSPS) is 13.6. The Balaban J connectivity index is 4.22. The highest BCUT2D eigenvalue weighted by atomic mass is 16.6. The maximum absolute atomic E-state index is 11.3. The van der Waals surface area contributed by atoms with E-state index in [1.807, 2.05) is 19.9 Å². The van der Waals surface area contributed by atoms with E-state index in [4.69, 9.17) is 10.5 Å². The van der Waals surface area contributed by atoms with Crippen molar-refractivity contribution in [1.29, 1.82) is 0 Å². The second-order valence-corrected chi connectivity index (χ2v) is 2.60. The first-order valence-electron chi connectivity index (χ1n) is 4.43. The molecule has 0 bridgehead atoms. The highest BCUT2D eigenvalue weighted by molar-refractivity contribution is 5.88. The van der Waals surface area contributed by atoms with Gasteiger partial charge in [-0.1, -0.05) is 26.5 Å². The van der Waals surface area contributed by atoms with Crippen LogP contribution in [0.5, 0.6) is 0 Å². The summed E-state index contributed by atoms with van der Waals surface area (Å²) in [6.07, 6.45) is 4.01. The van der Waals surface area contributed by atoms with E-state index in [1.54, 1.807) is 0 Å². The van der Waals surface area contributed by atoms with Gasteiger partial charge in [0.05, 0.1) is 0 Å². The van der Waals surface area contributed by atoms with Crippen molar-refractivity contribution in [1.82, 2.24) is 0 Å². The molecule has 0 saturated heterocycles. The summed E-state index contributed by atoms with van der Waals surface area (Å²) < 4.78 is 4.86. The Hall–Kier alpha value is -1.09. The second-order valence-electron chi connectivity index (χ2n) is 2.60. The average molecular weight is 183 g/mol. The summed E-state index contributed by atoms with van der Waals surface area (Å²) in [6.45, 7) is 7.30. The van der Waals surface area contributed by atoms with Crippen molar-refractivity contribution in [2.24, 2.45) is 5.73 Å². The number of ether oxygens (including phenoxy) is 1. The highest BCUT2D eigenvalue weighted by Crippen LogP contribution is 2.05. The lowest BCUT2D eigenvalue weighted by Gasteiger charge is -2.09. The zero-order valence-corrected chi connectivity index (χ0v) is 8.25. The zero-order chi connectivity index (χ0) is 10.3. The first-order chi connectivity index (χ1) is 6.15. The maximum Gasteiger partial charge on any atom is 0.335 e. The van der Waals surface area contributed by atoms with Gasteiger partial charge in [0.25, 0.3) is 0 Å². The van der Waals surface area contributed by atoms with Crippen molar-refractivity contribution in [2.45, 2.75) is 32.9 Å². The minimum absolute atomic E-state index is 0.350. The van der Waals surface area contributed by atoms with Crippen LogP contribution in [0.2, 0.25) is 0 Å². The minimum Gasteiger partial charge on any atom is -0.440 e. The van der Waals surface area contributed by atoms with E-state index >= 15 is 0 Å². The van der Waals surface area contributed by atoms with Crippen LogP contribution in [0.15, 0.2) is 24.3 Å². The van der Waals surface area contributed by atoms with Crippen LogP contribution in [0.4, 0.5) is 0 Å². The third kappa shape index (κ3) is 4.48. The number of allylic oxidation sites excluding steroid dienone is 1. The molecule has 0 aliphatic heterocycles. The van der Waals surface area contributed by atoms with E-state index in [0.717, 1.165) is 6.42 Å². The van der Waals surface area contributed by atoms with Crippen LogP contribution in [-0.4, -0.2) is 12.2 Å². The Morgan fingerprint density at radius 3 is 2.62 bits per heavy atom. The van der Waals surface area contributed by atoms with Gasteiger partial charge in [0, 0.05) is 5.57 Å². The molecule has 3 nitrogen and oxygen atoms in total. The first-order valence-corrected chi connectivity index (χ1v) is 4.43. The molecule has 0 amide bonds. The van der Waals surface area contributed by atoms with Gasteiger partial charge < -0.3 is 4.74 Å². The smallest absolute Gasteiger partial charge is 0.335 e. The van der Waals surface area contributed by atoms with Gasteiger partial charge in [-0.25, -0.2) is 4.79 Å². The van der Waals surface area contributed by atoms with E-state index in [2.05, 4.69) is 6.58 Å². The Morgan fingerprint density at radius 2 is 2.23 bits per heavy atom. The molecule has 0 aliphatic carbocycles. The molecule has 13 heavy (non-hydrogen) atoms. The molecule has 0 aromatic heterocycles. The third-order valence-electron chi connectivity index (χ3n) is 1.57. The molecule has 2 N–H and O–H groups in total. The third-order valence-corrected chi connectivity index (χ3v) is 1.57. The van der Waals surface area contributed by atoms with Gasteiger partial charge in [0.15, 0.2) is 6.23 Å². The fourth-order valence-corrected chi connectivity index (χ4v) is 0.866. The quantitative estimate of drug-likeness (QED) is 0.306. The molecule has 0 aromatic carbocycles. The predicted molar refractivity (Wildman–Crippen MR) is 52.9 cm³/mol. The van der Waals surface area contributed by atoms with Crippen LogP contribution >= 0.6 is 0 Å². The van der Waals surface area contributed by atoms with Gasteiger partial charge in [0.1, 0.15) is 0 Å². The standard InChI is InChI=1S/C10H17NO2/c1-4-7-8(5-2)10(12)13-9(11)6-3/h6-7,9H,3-5,11H2,1-2H3. The molecule has 0 fully saturated rings. The molecule has 0 rings (SSSR count). The van der Waals surface area contributed by atoms with Crippen molar-refractivity contribution < 1.29 is 9.53 Å². The molecule has 0 aromatic rings. The largest absolute Gasteiger partial charge is 0.440 e. The van der Waals surface area contributed by atoms with Gasteiger partial charge in [-0.2, -0.15) is 0 Å². The van der Waals surface area contributed by atoms with Gasteiger partial charge in [-0.15, -0.1) is 0 Å². The number of hydrogen-bond donors (Lipinski definition) is 1. The summed E-state index contributed by atoms with van der Waals surface area (Å²) in [5, 5.41) is 0. The zero-order valence-electron chi connectivity index (χ0n) is 8.25. The average Bonchev–Trinajstić information content (AvgIpc) is 2.13. The van der Waals surface area contributed by atoms with Crippen molar-refractivity contribution in [3.63, 3.8) is 0 Å². The molecule has 0 saturated carbocycles. The predicted octanol–water partition coefficient (Wildman–Crippen LogP) is 1.75. The molecule has 1 atom stereocenters. The molecule has 3 heteroatoms. The number of hydrogen-bond acceptors (Lipinski definition) is 3.